The molecule has 2 N–H and O–H groups in total. The number of amides is 1. The van der Waals surface area contributed by atoms with Gasteiger partial charge in [-0.2, -0.15) is 0 Å². The van der Waals surface area contributed by atoms with Crippen LogP contribution in [0.4, 0.5) is 19.3 Å². The first kappa shape index (κ1) is 28.2. The zero-order chi connectivity index (χ0) is 27.1. The molecule has 1 heterocycles. The van der Waals surface area contributed by atoms with Crippen molar-refractivity contribution in [2.24, 2.45) is 0 Å². The van der Waals surface area contributed by atoms with Crippen LogP contribution < -0.4 is 10.1 Å². The molecule has 1 amide bonds. The topological polar surface area (TPSA) is 77.1 Å². The van der Waals surface area contributed by atoms with Crippen LogP contribution in [0.3, 0.4) is 0 Å². The van der Waals surface area contributed by atoms with Crippen molar-refractivity contribution >= 4 is 61.9 Å². The van der Waals surface area contributed by atoms with E-state index in [-0.39, 0.29) is 36.8 Å². The van der Waals surface area contributed by atoms with Gasteiger partial charge in [0.05, 0.1) is 0 Å². The Hall–Kier alpha value is -2.85. The van der Waals surface area contributed by atoms with Gasteiger partial charge in [-0.25, -0.2) is 0 Å². The van der Waals surface area contributed by atoms with E-state index >= 15 is 4.39 Å². The van der Waals surface area contributed by atoms with Crippen molar-refractivity contribution in [2.45, 2.75) is 19.1 Å². The Balaban J connectivity index is 1.57. The fourth-order valence-electron chi connectivity index (χ4n) is 3.83. The number of aliphatic hydroxyl groups excluding tert-OH is 1. The van der Waals surface area contributed by atoms with Crippen LogP contribution in [0, 0.1) is 18.2 Å². The first-order valence-corrected chi connectivity index (χ1v) is 21.4. The van der Waals surface area contributed by atoms with Crippen molar-refractivity contribution in [1.82, 2.24) is 7.69 Å². The van der Waals surface area contributed by atoms with Crippen LogP contribution in [-0.4, -0.2) is 49.6 Å². The number of benzene rings is 3. The first-order chi connectivity index (χ1) is 18.4. The maximum absolute atomic E-state index is 15.4. The standard InChI is InChI=1S/C26H20F2N3O4.PS.Tl/c1-29-24-12-18(7-8-21(24)27)35-25-20(19-9-10-30-23(19)13-22(25)28)11-17(32)14-31-26(33)34-15-16-5-3-2-4-6-16;1-2;/h2-10,12-13,17,32H,11,14-15H2,(H,31,33);;/q2*-1;+3. The van der Waals surface area contributed by atoms with Gasteiger partial charge in [-0.05, 0) is 0 Å². The van der Waals surface area contributed by atoms with Crippen molar-refractivity contribution in [3.8, 4) is 11.5 Å². The molecule has 1 aromatic heterocycles. The van der Waals surface area contributed by atoms with Crippen molar-refractivity contribution in [1.29, 1.82) is 0 Å². The summed E-state index contributed by atoms with van der Waals surface area (Å²) in [6, 6.07) is 15.9. The van der Waals surface area contributed by atoms with Crippen molar-refractivity contribution in [2.75, 3.05) is 6.54 Å². The molecule has 0 aliphatic rings. The molecule has 38 heavy (non-hydrogen) atoms. The third-order valence-electron chi connectivity index (χ3n) is 5.60. The monoisotopic (exact) mass is 744 g/mol. The molecule has 0 saturated heterocycles. The first-order valence-electron chi connectivity index (χ1n) is 11.3. The molecule has 0 aliphatic carbocycles. The number of nitrogens with one attached hydrogen (secondary N) is 1. The molecule has 1 unspecified atom stereocenters. The summed E-state index contributed by atoms with van der Waals surface area (Å²) < 4.78 is 43.1. The fourth-order valence-corrected chi connectivity index (χ4v) is 11.5. The summed E-state index contributed by atoms with van der Waals surface area (Å²) in [4.78, 5) is 15.2. The van der Waals surface area contributed by atoms with E-state index in [0.717, 1.165) is 15.6 Å². The number of rotatable bonds is 9. The molecule has 190 valence electrons. The third kappa shape index (κ3) is 6.96. The minimum absolute atomic E-state index is 0.0512. The summed E-state index contributed by atoms with van der Waals surface area (Å²) in [7, 11) is 0. The second kappa shape index (κ2) is 13.3. The molecule has 0 spiro atoms. The van der Waals surface area contributed by atoms with Crippen LogP contribution in [0.25, 0.3) is 15.7 Å². The zero-order valence-corrected chi connectivity index (χ0v) is 26.0. The molecule has 4 rings (SSSR count). The number of alkyl carbamates (subject to hydrolysis) is 1. The van der Waals surface area contributed by atoms with E-state index in [4.69, 9.17) is 27.9 Å². The SMILES string of the molecule is [C-]#[N+]c1cc(Oc2c(F)cc3c(cc[n]3[Tl]=[P+]=S)c2CC(O)CNC(=O)OCc2ccccc2)ccc1F. The average molecular weight is 744 g/mol. The number of aromatic nitrogens is 1. The molecule has 3 aromatic carbocycles. The number of carbonyl (C=O) groups is 1. The van der Waals surface area contributed by atoms with Gasteiger partial charge in [0.15, 0.2) is 0 Å². The average Bonchev–Trinajstić information content (AvgIpc) is 3.32. The van der Waals surface area contributed by atoms with Crippen LogP contribution >= 0.6 is 4.00 Å². The molecule has 12 heteroatoms. The van der Waals surface area contributed by atoms with E-state index in [0.29, 0.717) is 16.5 Å². The number of hydrogen-bond donors (Lipinski definition) is 2. The molecule has 0 bridgehead atoms. The Morgan fingerprint density at radius 3 is 2.71 bits per heavy atom. The molecule has 0 saturated carbocycles. The summed E-state index contributed by atoms with van der Waals surface area (Å²) in [6.07, 6.45) is 0.00974. The molecule has 0 radical (unpaired) electrons. The van der Waals surface area contributed by atoms with Crippen LogP contribution in [0.15, 0.2) is 66.9 Å². The van der Waals surface area contributed by atoms with Gasteiger partial charge in [0.25, 0.3) is 0 Å². The van der Waals surface area contributed by atoms with Gasteiger partial charge in [0.1, 0.15) is 0 Å². The Labute approximate surface area is 234 Å². The van der Waals surface area contributed by atoms with E-state index in [1.165, 1.54) is 18.2 Å². The molecule has 1 atom stereocenters. The zero-order valence-electron chi connectivity index (χ0n) is 19.8. The van der Waals surface area contributed by atoms with Crippen LogP contribution in [0.1, 0.15) is 11.1 Å². The minimum atomic E-state index is -1.56. The fraction of sp³-hybridized carbons (Fsp3) is 0.154. The summed E-state index contributed by atoms with van der Waals surface area (Å²) in [5.74, 6) is -1.45. The number of ether oxygens (including phenoxy) is 2. The predicted octanol–water partition coefficient (Wildman–Crippen LogP) is 5.88. The Bertz CT molecular complexity index is 1570. The molecule has 7 nitrogen and oxygen atoms in total. The van der Waals surface area contributed by atoms with Gasteiger partial charge >= 0.3 is 206 Å². The summed E-state index contributed by atoms with van der Waals surface area (Å²) in [5.41, 5.74) is 1.60. The van der Waals surface area contributed by atoms with E-state index in [1.807, 2.05) is 45.0 Å². The number of carbonyl (C=O) groups excluding carboxylic acids is 1. The van der Waals surface area contributed by atoms with E-state index in [1.54, 1.807) is 0 Å². The summed E-state index contributed by atoms with van der Waals surface area (Å²) in [6.45, 7) is 7.05. The normalized spacial score (nSPS) is 11.3. The van der Waals surface area contributed by atoms with Crippen LogP contribution in [0.2, 0.25) is 0 Å². The number of aliphatic hydroxyl groups is 1. The quantitative estimate of drug-likeness (QED) is 0.127. The van der Waals surface area contributed by atoms with Gasteiger partial charge in [-0.1, -0.05) is 30.3 Å². The Kier molecular flexibility index (Phi) is 9.85. The van der Waals surface area contributed by atoms with Crippen LogP contribution in [0.5, 0.6) is 11.5 Å². The summed E-state index contributed by atoms with van der Waals surface area (Å²) >= 11 is 3.58. The predicted molar refractivity (Wildman–Crippen MR) is 144 cm³/mol. The van der Waals surface area contributed by atoms with Gasteiger partial charge in [-0.15, -0.1) is 0 Å². The molecular formula is C26H20F2N3O4PSTl+. The maximum atomic E-state index is 15.4. The van der Waals surface area contributed by atoms with E-state index in [2.05, 4.69) is 10.2 Å². The molecular weight excluding hydrogens is 724 g/mol. The Morgan fingerprint density at radius 2 is 1.97 bits per heavy atom. The van der Waals surface area contributed by atoms with Crippen molar-refractivity contribution in [3.05, 3.63) is 101 Å². The second-order valence-electron chi connectivity index (χ2n) is 8.17. The number of nitrogens with zero attached hydrogens (tertiary/aromatic N) is 2. The van der Waals surface area contributed by atoms with E-state index < -0.39 is 47.2 Å². The van der Waals surface area contributed by atoms with Gasteiger partial charge in [0, 0.05) is 0 Å². The van der Waals surface area contributed by atoms with Gasteiger partial charge < -0.3 is 0 Å². The van der Waals surface area contributed by atoms with Gasteiger partial charge in [-0.3, -0.25) is 0 Å². The number of fused-ring (bicyclic) bond motifs is 1. The Morgan fingerprint density at radius 1 is 1.18 bits per heavy atom. The van der Waals surface area contributed by atoms with Crippen molar-refractivity contribution in [3.63, 3.8) is 0 Å². The molecule has 0 fully saturated rings. The van der Waals surface area contributed by atoms with Gasteiger partial charge in [0.2, 0.25) is 0 Å². The number of hydrogen-bond acceptors (Lipinski definition) is 5. The molecule has 4 aromatic rings. The van der Waals surface area contributed by atoms with E-state index in [9.17, 15) is 14.3 Å². The van der Waals surface area contributed by atoms with Crippen molar-refractivity contribution < 1.29 is 28.2 Å². The number of halogens is 2. The third-order valence-corrected chi connectivity index (χ3v) is 14.2. The molecule has 0 aliphatic heterocycles. The summed E-state index contributed by atoms with van der Waals surface area (Å²) in [5, 5.41) is 14.0. The van der Waals surface area contributed by atoms with Crippen LogP contribution in [-0.2, 0) is 29.6 Å². The second-order valence-corrected chi connectivity index (χ2v) is 21.5.